The van der Waals surface area contributed by atoms with Crippen LogP contribution in [0.4, 0.5) is 0 Å². The van der Waals surface area contributed by atoms with Crippen LogP contribution in [0.15, 0.2) is 78.9 Å². The van der Waals surface area contributed by atoms with E-state index < -0.39 is 11.9 Å². The number of amides is 3. The van der Waals surface area contributed by atoms with Crippen LogP contribution in [0.1, 0.15) is 40.9 Å². The van der Waals surface area contributed by atoms with Gasteiger partial charge in [-0.3, -0.25) is 14.4 Å². The van der Waals surface area contributed by atoms with Crippen LogP contribution < -0.4 is 20.1 Å². The molecule has 0 radical (unpaired) electrons. The van der Waals surface area contributed by atoms with Gasteiger partial charge in [-0.25, -0.2) is 0 Å². The third-order valence-electron chi connectivity index (χ3n) is 6.19. The third-order valence-corrected chi connectivity index (χ3v) is 6.19. The Morgan fingerprint density at radius 1 is 0.923 bits per heavy atom. The lowest BCUT2D eigenvalue weighted by molar-refractivity contribution is -0.140. The predicted octanol–water partition coefficient (Wildman–Crippen LogP) is 3.46. The number of fused-ring (bicyclic) bond motifs is 1. The lowest BCUT2D eigenvalue weighted by Gasteiger charge is -2.32. The molecule has 9 heteroatoms. The second kappa shape index (κ2) is 14.0. The van der Waals surface area contributed by atoms with Gasteiger partial charge < -0.3 is 29.7 Å². The summed E-state index contributed by atoms with van der Waals surface area (Å²) in [6.45, 7) is 3.41. The highest BCUT2D eigenvalue weighted by molar-refractivity contribution is 5.97. The topological polar surface area (TPSA) is 106 Å². The Morgan fingerprint density at radius 3 is 2.38 bits per heavy atom. The van der Waals surface area contributed by atoms with Crippen LogP contribution in [0, 0.1) is 0 Å². The first-order valence-corrected chi connectivity index (χ1v) is 13.0. The first-order chi connectivity index (χ1) is 19.1. The Bertz CT molecular complexity index is 1250. The second-order valence-electron chi connectivity index (χ2n) is 8.91. The molecule has 3 amide bonds. The molecule has 0 spiro atoms. The molecular weight excluding hydrogens is 498 g/mol. The van der Waals surface area contributed by atoms with Gasteiger partial charge in [0.2, 0.25) is 18.6 Å². The fourth-order valence-corrected chi connectivity index (χ4v) is 4.24. The molecule has 0 saturated carbocycles. The van der Waals surface area contributed by atoms with Gasteiger partial charge in [0.1, 0.15) is 6.04 Å². The van der Waals surface area contributed by atoms with E-state index in [1.807, 2.05) is 49.4 Å². The van der Waals surface area contributed by atoms with Gasteiger partial charge >= 0.3 is 0 Å². The van der Waals surface area contributed by atoms with Crippen molar-refractivity contribution in [2.45, 2.75) is 25.9 Å². The SMILES string of the molecule is CCOCCCNC(=O)C(c1ccccc1)N(Cc1ccc2c(c1)OCO2)C(=O)CNC(=O)c1ccccc1. The van der Waals surface area contributed by atoms with Crippen molar-refractivity contribution in [2.75, 3.05) is 33.1 Å². The molecule has 1 atom stereocenters. The molecule has 204 valence electrons. The van der Waals surface area contributed by atoms with E-state index >= 15 is 0 Å². The molecule has 4 rings (SSSR count). The maximum Gasteiger partial charge on any atom is 0.251 e. The van der Waals surface area contributed by atoms with Crippen molar-refractivity contribution in [2.24, 2.45) is 0 Å². The summed E-state index contributed by atoms with van der Waals surface area (Å²) in [7, 11) is 0. The number of ether oxygens (including phenoxy) is 3. The zero-order chi connectivity index (χ0) is 27.5. The van der Waals surface area contributed by atoms with Crippen molar-refractivity contribution >= 4 is 17.7 Å². The third kappa shape index (κ3) is 7.58. The molecule has 1 heterocycles. The average Bonchev–Trinajstić information content (AvgIpc) is 3.44. The first-order valence-electron chi connectivity index (χ1n) is 13.0. The summed E-state index contributed by atoms with van der Waals surface area (Å²) in [6, 6.07) is 22.3. The van der Waals surface area contributed by atoms with Crippen LogP contribution in [0.2, 0.25) is 0 Å². The lowest BCUT2D eigenvalue weighted by Crippen LogP contribution is -2.47. The van der Waals surface area contributed by atoms with Gasteiger partial charge in [-0.15, -0.1) is 0 Å². The molecule has 2 N–H and O–H groups in total. The Balaban J connectivity index is 1.58. The van der Waals surface area contributed by atoms with Crippen LogP contribution in [0.3, 0.4) is 0 Å². The number of rotatable bonds is 13. The lowest BCUT2D eigenvalue weighted by atomic mass is 10.0. The van der Waals surface area contributed by atoms with E-state index in [1.165, 1.54) is 4.90 Å². The summed E-state index contributed by atoms with van der Waals surface area (Å²) in [5.41, 5.74) is 1.86. The largest absolute Gasteiger partial charge is 0.454 e. The van der Waals surface area contributed by atoms with Crippen molar-refractivity contribution in [1.29, 1.82) is 0 Å². The summed E-state index contributed by atoms with van der Waals surface area (Å²) in [5, 5.41) is 5.64. The highest BCUT2D eigenvalue weighted by atomic mass is 16.7. The van der Waals surface area contributed by atoms with Gasteiger partial charge in [-0.2, -0.15) is 0 Å². The van der Waals surface area contributed by atoms with Gasteiger partial charge in [0.05, 0.1) is 6.54 Å². The van der Waals surface area contributed by atoms with Gasteiger partial charge in [0, 0.05) is 31.9 Å². The maximum atomic E-state index is 13.7. The molecule has 9 nitrogen and oxygen atoms in total. The van der Waals surface area contributed by atoms with Gasteiger partial charge in [-0.05, 0) is 48.7 Å². The maximum absolute atomic E-state index is 13.7. The zero-order valence-electron chi connectivity index (χ0n) is 21.9. The van der Waals surface area contributed by atoms with Crippen LogP contribution in [-0.2, 0) is 20.9 Å². The smallest absolute Gasteiger partial charge is 0.251 e. The number of benzene rings is 3. The fourth-order valence-electron chi connectivity index (χ4n) is 4.24. The van der Waals surface area contributed by atoms with Crippen molar-refractivity contribution in [3.05, 3.63) is 95.6 Å². The van der Waals surface area contributed by atoms with E-state index in [-0.39, 0.29) is 31.7 Å². The molecule has 0 bridgehead atoms. The van der Waals surface area contributed by atoms with Crippen LogP contribution in [-0.4, -0.2) is 55.7 Å². The van der Waals surface area contributed by atoms with Crippen LogP contribution in [0.25, 0.3) is 0 Å². The minimum atomic E-state index is -0.926. The quantitative estimate of drug-likeness (QED) is 0.327. The van der Waals surface area contributed by atoms with E-state index in [2.05, 4.69) is 10.6 Å². The van der Waals surface area contributed by atoms with E-state index in [0.717, 1.165) is 5.56 Å². The Morgan fingerprint density at radius 2 is 1.64 bits per heavy atom. The summed E-state index contributed by atoms with van der Waals surface area (Å²) in [6.07, 6.45) is 0.643. The first kappa shape index (κ1) is 27.7. The van der Waals surface area contributed by atoms with Crippen molar-refractivity contribution < 1.29 is 28.6 Å². The van der Waals surface area contributed by atoms with Crippen molar-refractivity contribution in [1.82, 2.24) is 15.5 Å². The number of hydrogen-bond acceptors (Lipinski definition) is 6. The molecular formula is C30H33N3O6. The Kier molecular flexibility index (Phi) is 9.91. The molecule has 0 aromatic heterocycles. The molecule has 1 aliphatic heterocycles. The molecule has 0 fully saturated rings. The summed E-state index contributed by atoms with van der Waals surface area (Å²) < 4.78 is 16.3. The Labute approximate surface area is 228 Å². The summed E-state index contributed by atoms with van der Waals surface area (Å²) in [5.74, 6) is 0.104. The predicted molar refractivity (Wildman–Crippen MR) is 145 cm³/mol. The van der Waals surface area contributed by atoms with Crippen molar-refractivity contribution in [3.8, 4) is 11.5 Å². The molecule has 1 aliphatic rings. The molecule has 39 heavy (non-hydrogen) atoms. The van der Waals surface area contributed by atoms with Gasteiger partial charge in [-0.1, -0.05) is 54.6 Å². The Hall–Kier alpha value is -4.37. The number of carbonyl (C=O) groups is 3. The monoisotopic (exact) mass is 531 g/mol. The van der Waals surface area contributed by atoms with E-state index in [9.17, 15) is 14.4 Å². The summed E-state index contributed by atoms with van der Waals surface area (Å²) >= 11 is 0. The highest BCUT2D eigenvalue weighted by Gasteiger charge is 2.32. The normalized spacial score (nSPS) is 12.4. The van der Waals surface area contributed by atoms with Crippen molar-refractivity contribution in [3.63, 3.8) is 0 Å². The molecule has 0 saturated heterocycles. The van der Waals surface area contributed by atoms with Gasteiger partial charge in [0.15, 0.2) is 11.5 Å². The highest BCUT2D eigenvalue weighted by Crippen LogP contribution is 2.33. The standard InChI is InChI=1S/C30H33N3O6/c1-2-37-17-9-16-31-30(36)28(23-10-5-3-6-11-23)33(20-22-14-15-25-26(18-22)39-21-38-25)27(34)19-32-29(35)24-12-7-4-8-13-24/h3-8,10-15,18,28H,2,9,16-17,19-21H2,1H3,(H,31,36)(H,32,35). The van der Waals surface area contributed by atoms with E-state index in [1.54, 1.807) is 36.4 Å². The molecule has 3 aromatic carbocycles. The molecule has 1 unspecified atom stereocenters. The van der Waals surface area contributed by atoms with Crippen LogP contribution >= 0.6 is 0 Å². The minimum absolute atomic E-state index is 0.114. The second-order valence-corrected chi connectivity index (χ2v) is 8.91. The van der Waals surface area contributed by atoms with E-state index in [4.69, 9.17) is 14.2 Å². The molecule has 3 aromatic rings. The van der Waals surface area contributed by atoms with Gasteiger partial charge in [0.25, 0.3) is 5.91 Å². The van der Waals surface area contributed by atoms with E-state index in [0.29, 0.717) is 48.8 Å². The number of nitrogens with zero attached hydrogens (tertiary/aromatic N) is 1. The van der Waals surface area contributed by atoms with Crippen LogP contribution in [0.5, 0.6) is 11.5 Å². The number of hydrogen-bond donors (Lipinski definition) is 2. The minimum Gasteiger partial charge on any atom is -0.454 e. The number of carbonyl (C=O) groups excluding carboxylic acids is 3. The average molecular weight is 532 g/mol. The zero-order valence-corrected chi connectivity index (χ0v) is 21.9. The fraction of sp³-hybridized carbons (Fsp3) is 0.300. The molecule has 0 aliphatic carbocycles. The summed E-state index contributed by atoms with van der Waals surface area (Å²) in [4.78, 5) is 41.4. The number of nitrogens with one attached hydrogen (secondary N) is 2.